The third-order valence-electron chi connectivity index (χ3n) is 2.63. The zero-order chi connectivity index (χ0) is 18.3. The number of carbonyl (C=O) groups is 2. The Labute approximate surface area is 141 Å². The summed E-state index contributed by atoms with van der Waals surface area (Å²) in [4.78, 5) is 22.7. The van der Waals surface area contributed by atoms with Gasteiger partial charge in [-0.2, -0.15) is 13.2 Å². The molecule has 0 spiro atoms. The normalized spacial score (nSPS) is 11.8. The van der Waals surface area contributed by atoms with Crippen LogP contribution in [0.1, 0.15) is 25.0 Å². The molecule has 132 valence electrons. The Morgan fingerprint density at radius 3 is 2.50 bits per heavy atom. The summed E-state index contributed by atoms with van der Waals surface area (Å²) in [7, 11) is 0. The van der Waals surface area contributed by atoms with Gasteiger partial charge in [-0.25, -0.2) is 9.59 Å². The lowest BCUT2D eigenvalue weighted by Crippen LogP contribution is -2.23. The summed E-state index contributed by atoms with van der Waals surface area (Å²) >= 11 is 5.56. The van der Waals surface area contributed by atoms with Gasteiger partial charge in [0.1, 0.15) is 6.61 Å². The van der Waals surface area contributed by atoms with Crippen molar-refractivity contribution in [3.05, 3.63) is 46.1 Å². The lowest BCUT2D eigenvalue weighted by atomic mass is 10.1. The van der Waals surface area contributed by atoms with E-state index < -0.39 is 28.8 Å². The number of carbonyl (C=O) groups excluding carboxylic acids is 2. The number of hydrogen-bond donors (Lipinski definition) is 1. The molecule has 0 radical (unpaired) electrons. The number of hydrogen-bond acceptors (Lipinski definition) is 4. The van der Waals surface area contributed by atoms with E-state index >= 15 is 0 Å². The van der Waals surface area contributed by atoms with Crippen molar-refractivity contribution in [1.29, 1.82) is 0 Å². The highest BCUT2D eigenvalue weighted by Gasteiger charge is 2.33. The van der Waals surface area contributed by atoms with Crippen LogP contribution in [-0.4, -0.2) is 18.7 Å². The Kier molecular flexibility index (Phi) is 7.09. The number of amides is 1. The van der Waals surface area contributed by atoms with Crippen molar-refractivity contribution in [3.8, 4) is 0 Å². The highest BCUT2D eigenvalue weighted by atomic mass is 35.5. The number of halogens is 4. The Morgan fingerprint density at radius 2 is 1.96 bits per heavy atom. The molecule has 9 heteroatoms. The van der Waals surface area contributed by atoms with E-state index in [1.54, 1.807) is 6.92 Å². The molecule has 0 saturated heterocycles. The summed E-state index contributed by atoms with van der Waals surface area (Å²) in [6.45, 7) is 3.00. The van der Waals surface area contributed by atoms with Crippen molar-refractivity contribution in [2.24, 2.45) is 0 Å². The van der Waals surface area contributed by atoms with E-state index in [9.17, 15) is 22.8 Å². The first-order valence-corrected chi connectivity index (χ1v) is 7.15. The van der Waals surface area contributed by atoms with E-state index in [2.05, 4.69) is 10.1 Å². The minimum atomic E-state index is -4.55. The minimum absolute atomic E-state index is 0.196. The SMILES string of the molecule is CCOC(=O)/C=C(/C)NC(=O)OCc1ccc(C(F)(F)F)c(Cl)c1. The number of nitrogens with one attached hydrogen (secondary N) is 1. The van der Waals surface area contributed by atoms with Crippen LogP contribution in [0.3, 0.4) is 0 Å². The smallest absolute Gasteiger partial charge is 0.417 e. The largest absolute Gasteiger partial charge is 0.463 e. The number of allylic oxidation sites excluding steroid dienone is 1. The van der Waals surface area contributed by atoms with E-state index in [4.69, 9.17) is 16.3 Å². The number of ether oxygens (including phenoxy) is 2. The molecule has 1 amide bonds. The summed E-state index contributed by atoms with van der Waals surface area (Å²) in [5, 5.41) is 1.79. The summed E-state index contributed by atoms with van der Waals surface area (Å²) in [5.74, 6) is -0.621. The summed E-state index contributed by atoms with van der Waals surface area (Å²) < 4.78 is 47.2. The van der Waals surface area contributed by atoms with Gasteiger partial charge in [0, 0.05) is 11.8 Å². The van der Waals surface area contributed by atoms with Crippen molar-refractivity contribution in [3.63, 3.8) is 0 Å². The molecular formula is C15H15ClF3NO4. The van der Waals surface area contributed by atoms with Gasteiger partial charge in [-0.3, -0.25) is 5.32 Å². The zero-order valence-electron chi connectivity index (χ0n) is 12.9. The lowest BCUT2D eigenvalue weighted by molar-refractivity contribution is -0.138. The first kappa shape index (κ1) is 19.8. The molecule has 1 N–H and O–H groups in total. The molecule has 1 aromatic rings. The lowest BCUT2D eigenvalue weighted by Gasteiger charge is -2.11. The molecule has 0 unspecified atom stereocenters. The average Bonchev–Trinajstić information content (AvgIpc) is 2.43. The molecule has 0 atom stereocenters. The van der Waals surface area contributed by atoms with Gasteiger partial charge >= 0.3 is 18.2 Å². The molecule has 0 aromatic heterocycles. The molecule has 0 saturated carbocycles. The predicted molar refractivity (Wildman–Crippen MR) is 80.2 cm³/mol. The number of benzene rings is 1. The van der Waals surface area contributed by atoms with Crippen LogP contribution in [0.15, 0.2) is 30.0 Å². The number of alkyl carbamates (subject to hydrolysis) is 1. The van der Waals surface area contributed by atoms with Crippen molar-refractivity contribution < 1.29 is 32.2 Å². The summed E-state index contributed by atoms with van der Waals surface area (Å²) in [6.07, 6.45) is -4.35. The molecule has 0 heterocycles. The molecule has 0 fully saturated rings. The van der Waals surface area contributed by atoms with Gasteiger partial charge in [-0.15, -0.1) is 0 Å². The molecular weight excluding hydrogens is 351 g/mol. The van der Waals surface area contributed by atoms with Gasteiger partial charge in [0.05, 0.1) is 17.2 Å². The van der Waals surface area contributed by atoms with Gasteiger partial charge in [0.15, 0.2) is 0 Å². The van der Waals surface area contributed by atoms with Gasteiger partial charge in [0.25, 0.3) is 0 Å². The van der Waals surface area contributed by atoms with Crippen LogP contribution in [0.4, 0.5) is 18.0 Å². The number of rotatable bonds is 5. The Morgan fingerprint density at radius 1 is 1.29 bits per heavy atom. The fourth-order valence-corrected chi connectivity index (χ4v) is 1.93. The van der Waals surface area contributed by atoms with Crippen LogP contribution in [-0.2, 0) is 27.1 Å². The first-order chi connectivity index (χ1) is 11.1. The van der Waals surface area contributed by atoms with Crippen molar-refractivity contribution in [1.82, 2.24) is 5.32 Å². The second kappa shape index (κ2) is 8.58. The van der Waals surface area contributed by atoms with E-state index in [1.165, 1.54) is 6.92 Å². The van der Waals surface area contributed by atoms with Gasteiger partial charge in [-0.05, 0) is 31.5 Å². The summed E-state index contributed by atoms with van der Waals surface area (Å²) in [6, 6.07) is 3.03. The maximum absolute atomic E-state index is 12.6. The van der Waals surface area contributed by atoms with Crippen LogP contribution in [0, 0.1) is 0 Å². The fourth-order valence-electron chi connectivity index (χ4n) is 1.62. The highest BCUT2D eigenvalue weighted by molar-refractivity contribution is 6.31. The molecule has 0 bridgehead atoms. The van der Waals surface area contributed by atoms with E-state index in [-0.39, 0.29) is 24.5 Å². The van der Waals surface area contributed by atoms with Crippen LogP contribution in [0.25, 0.3) is 0 Å². The average molecular weight is 366 g/mol. The Balaban J connectivity index is 2.59. The topological polar surface area (TPSA) is 64.6 Å². The molecule has 24 heavy (non-hydrogen) atoms. The number of alkyl halides is 3. The molecule has 1 aromatic carbocycles. The first-order valence-electron chi connectivity index (χ1n) is 6.78. The Hall–Kier alpha value is -2.22. The molecule has 5 nitrogen and oxygen atoms in total. The van der Waals surface area contributed by atoms with E-state index in [0.29, 0.717) is 0 Å². The predicted octanol–water partition coefficient (Wildman–Crippen LogP) is 4.05. The second-order valence-corrected chi connectivity index (χ2v) is 5.00. The third kappa shape index (κ3) is 6.49. The second-order valence-electron chi connectivity index (χ2n) is 4.59. The summed E-state index contributed by atoms with van der Waals surface area (Å²) in [5.41, 5.74) is -0.482. The quantitative estimate of drug-likeness (QED) is 0.631. The van der Waals surface area contributed by atoms with Crippen molar-refractivity contribution in [2.75, 3.05) is 6.61 Å². The van der Waals surface area contributed by atoms with Crippen LogP contribution in [0.5, 0.6) is 0 Å². The molecule has 1 rings (SSSR count). The van der Waals surface area contributed by atoms with E-state index in [0.717, 1.165) is 24.3 Å². The number of esters is 1. The minimum Gasteiger partial charge on any atom is -0.463 e. The van der Waals surface area contributed by atoms with E-state index in [1.807, 2.05) is 0 Å². The molecule has 0 aliphatic carbocycles. The maximum atomic E-state index is 12.6. The van der Waals surface area contributed by atoms with Crippen molar-refractivity contribution >= 4 is 23.7 Å². The molecule has 0 aliphatic heterocycles. The fraction of sp³-hybridized carbons (Fsp3) is 0.333. The highest BCUT2D eigenvalue weighted by Crippen LogP contribution is 2.34. The Bertz CT molecular complexity index is 644. The zero-order valence-corrected chi connectivity index (χ0v) is 13.6. The molecule has 0 aliphatic rings. The van der Waals surface area contributed by atoms with Crippen LogP contribution >= 0.6 is 11.6 Å². The van der Waals surface area contributed by atoms with Gasteiger partial charge < -0.3 is 9.47 Å². The monoisotopic (exact) mass is 365 g/mol. The van der Waals surface area contributed by atoms with Crippen LogP contribution in [0.2, 0.25) is 5.02 Å². The maximum Gasteiger partial charge on any atom is 0.417 e. The third-order valence-corrected chi connectivity index (χ3v) is 2.94. The standard InChI is InChI=1S/C15H15ClF3NO4/c1-3-23-13(21)6-9(2)20-14(22)24-8-10-4-5-11(12(16)7-10)15(17,18)19/h4-7H,3,8H2,1-2H3,(H,20,22)/b9-6-. The van der Waals surface area contributed by atoms with Gasteiger partial charge in [0.2, 0.25) is 0 Å². The van der Waals surface area contributed by atoms with Crippen molar-refractivity contribution in [2.45, 2.75) is 26.6 Å². The van der Waals surface area contributed by atoms with Crippen LogP contribution < -0.4 is 5.32 Å². The van der Waals surface area contributed by atoms with Gasteiger partial charge in [-0.1, -0.05) is 17.7 Å².